The second kappa shape index (κ2) is 9.98. The third-order valence-corrected chi connectivity index (χ3v) is 5.66. The molecule has 3 rings (SSSR count). The molecule has 1 aromatic carbocycles. The minimum Gasteiger partial charge on any atom is -0.363 e. The van der Waals surface area contributed by atoms with E-state index in [1.165, 1.54) is 0 Å². The van der Waals surface area contributed by atoms with Crippen molar-refractivity contribution in [1.29, 1.82) is 0 Å². The van der Waals surface area contributed by atoms with Crippen molar-refractivity contribution >= 4 is 46.7 Å². The third-order valence-electron chi connectivity index (χ3n) is 5.03. The molecule has 2 amide bonds. The molecule has 1 heterocycles. The van der Waals surface area contributed by atoms with Gasteiger partial charge in [-0.3, -0.25) is 0 Å². The topological polar surface area (TPSA) is 82.2 Å². The maximum atomic E-state index is 12.2. The lowest BCUT2D eigenvalue weighted by Gasteiger charge is -2.29. The molecule has 7 nitrogen and oxygen atoms in total. The van der Waals surface area contributed by atoms with E-state index in [-0.39, 0.29) is 6.03 Å². The van der Waals surface area contributed by atoms with Crippen molar-refractivity contribution in [2.75, 3.05) is 36.2 Å². The molecule has 156 valence electrons. The minimum atomic E-state index is -0.297. The van der Waals surface area contributed by atoms with Crippen molar-refractivity contribution in [1.82, 2.24) is 15.3 Å². The van der Waals surface area contributed by atoms with Crippen molar-refractivity contribution in [3.8, 4) is 0 Å². The fraction of sp³-hybridized carbons (Fsp3) is 0.450. The highest BCUT2D eigenvalue weighted by Crippen LogP contribution is 2.30. The van der Waals surface area contributed by atoms with Crippen molar-refractivity contribution in [3.05, 3.63) is 40.5 Å². The Morgan fingerprint density at radius 3 is 2.48 bits per heavy atom. The Morgan fingerprint density at radius 2 is 1.83 bits per heavy atom. The summed E-state index contributed by atoms with van der Waals surface area (Å²) in [6.07, 6.45) is 5.85. The Balaban J connectivity index is 1.42. The molecule has 29 heavy (non-hydrogen) atoms. The number of benzene rings is 1. The SMILES string of the molecule is CN(C)c1ccnc(N[C@H]2CC[C@@H](CNC(=O)Nc3c(Cl)cccc3Cl)CC2)n1. The number of rotatable bonds is 6. The number of para-hydroxylation sites is 1. The number of amides is 2. The number of halogens is 2. The van der Waals surface area contributed by atoms with Gasteiger partial charge in [-0.05, 0) is 49.8 Å². The van der Waals surface area contributed by atoms with Gasteiger partial charge in [0.2, 0.25) is 5.95 Å². The number of urea groups is 1. The van der Waals surface area contributed by atoms with Crippen LogP contribution in [0.3, 0.4) is 0 Å². The van der Waals surface area contributed by atoms with Crippen LogP contribution in [0, 0.1) is 5.92 Å². The van der Waals surface area contributed by atoms with Crippen molar-refractivity contribution in [2.24, 2.45) is 5.92 Å². The van der Waals surface area contributed by atoms with E-state index in [4.69, 9.17) is 23.2 Å². The highest BCUT2D eigenvalue weighted by atomic mass is 35.5. The second-order valence-electron chi connectivity index (χ2n) is 7.43. The predicted octanol–water partition coefficient (Wildman–Crippen LogP) is 4.64. The number of carbonyl (C=O) groups is 1. The Hall–Kier alpha value is -2.25. The summed E-state index contributed by atoms with van der Waals surface area (Å²) in [4.78, 5) is 23.0. The zero-order valence-electron chi connectivity index (χ0n) is 16.6. The van der Waals surface area contributed by atoms with E-state index < -0.39 is 0 Å². The summed E-state index contributed by atoms with van der Waals surface area (Å²) in [6.45, 7) is 0.618. The first-order chi connectivity index (χ1) is 13.9. The number of carbonyl (C=O) groups excluding carboxylic acids is 1. The van der Waals surface area contributed by atoms with Gasteiger partial charge in [0.15, 0.2) is 0 Å². The predicted molar refractivity (Wildman–Crippen MR) is 119 cm³/mol. The molecule has 0 saturated heterocycles. The maximum absolute atomic E-state index is 12.2. The van der Waals surface area contributed by atoms with Crippen LogP contribution in [0.25, 0.3) is 0 Å². The van der Waals surface area contributed by atoms with Gasteiger partial charge in [-0.2, -0.15) is 4.98 Å². The molecule has 2 aromatic rings. The Kier molecular flexibility index (Phi) is 7.39. The molecule has 9 heteroatoms. The average Bonchev–Trinajstić information content (AvgIpc) is 2.70. The maximum Gasteiger partial charge on any atom is 0.319 e. The summed E-state index contributed by atoms with van der Waals surface area (Å²) in [5.74, 6) is 1.98. The van der Waals surface area contributed by atoms with Crippen LogP contribution < -0.4 is 20.9 Å². The number of hydrogen-bond donors (Lipinski definition) is 3. The van der Waals surface area contributed by atoms with Crippen molar-refractivity contribution < 1.29 is 4.79 Å². The molecule has 0 bridgehead atoms. The number of nitrogens with zero attached hydrogens (tertiary/aromatic N) is 3. The average molecular weight is 437 g/mol. The summed E-state index contributed by atoms with van der Waals surface area (Å²) in [5, 5.41) is 9.91. The van der Waals surface area contributed by atoms with Gasteiger partial charge in [-0.15, -0.1) is 0 Å². The largest absolute Gasteiger partial charge is 0.363 e. The first-order valence-electron chi connectivity index (χ1n) is 9.68. The molecule has 0 unspecified atom stereocenters. The Labute approximate surface area is 181 Å². The first kappa shape index (κ1) is 21.5. The molecule has 1 fully saturated rings. The standard InChI is InChI=1S/C20H26Cl2N6O/c1-28(2)17-10-11-23-19(26-17)25-14-8-6-13(7-9-14)12-24-20(29)27-18-15(21)4-3-5-16(18)22/h3-5,10-11,13-14H,6-9,12H2,1-2H3,(H,23,25,26)(H2,24,27,29)/t13-,14+. The lowest BCUT2D eigenvalue weighted by molar-refractivity contribution is 0.246. The number of nitrogens with one attached hydrogen (secondary N) is 3. The van der Waals surface area contributed by atoms with Gasteiger partial charge < -0.3 is 20.9 Å². The van der Waals surface area contributed by atoms with Crippen molar-refractivity contribution in [2.45, 2.75) is 31.7 Å². The third kappa shape index (κ3) is 6.11. The highest BCUT2D eigenvalue weighted by Gasteiger charge is 2.22. The van der Waals surface area contributed by atoms with E-state index in [1.807, 2.05) is 25.1 Å². The van der Waals surface area contributed by atoms with Gasteiger partial charge in [0.25, 0.3) is 0 Å². The second-order valence-corrected chi connectivity index (χ2v) is 8.24. The lowest BCUT2D eigenvalue weighted by atomic mass is 9.86. The van der Waals surface area contributed by atoms with Crippen LogP contribution in [-0.4, -0.2) is 42.7 Å². The molecule has 0 atom stereocenters. The smallest absolute Gasteiger partial charge is 0.319 e. The van der Waals surface area contributed by atoms with Crippen LogP contribution >= 0.6 is 23.2 Å². The van der Waals surface area contributed by atoms with E-state index in [1.54, 1.807) is 24.4 Å². The normalized spacial score (nSPS) is 18.8. The summed E-state index contributed by atoms with van der Waals surface area (Å²) >= 11 is 12.2. The van der Waals surface area contributed by atoms with Crippen LogP contribution in [0.4, 0.5) is 22.2 Å². The molecule has 3 N–H and O–H groups in total. The fourth-order valence-electron chi connectivity index (χ4n) is 3.37. The molecule has 1 saturated carbocycles. The van der Waals surface area contributed by atoms with Crippen LogP contribution in [0.15, 0.2) is 30.5 Å². The van der Waals surface area contributed by atoms with E-state index in [0.29, 0.717) is 40.2 Å². The Morgan fingerprint density at radius 1 is 1.14 bits per heavy atom. The van der Waals surface area contributed by atoms with Gasteiger partial charge in [0.1, 0.15) is 5.82 Å². The summed E-state index contributed by atoms with van der Waals surface area (Å²) < 4.78 is 0. The first-order valence-corrected chi connectivity index (χ1v) is 10.4. The summed E-state index contributed by atoms with van der Waals surface area (Å²) in [6, 6.07) is 7.05. The van der Waals surface area contributed by atoms with Crippen molar-refractivity contribution in [3.63, 3.8) is 0 Å². The molecular formula is C20H26Cl2N6O. The number of anilines is 3. The zero-order valence-corrected chi connectivity index (χ0v) is 18.1. The van der Waals surface area contributed by atoms with Gasteiger partial charge in [0.05, 0.1) is 15.7 Å². The zero-order chi connectivity index (χ0) is 20.8. The summed E-state index contributed by atoms with van der Waals surface area (Å²) in [5.41, 5.74) is 0.432. The van der Waals surface area contributed by atoms with Crippen LogP contribution in [0.1, 0.15) is 25.7 Å². The Bertz CT molecular complexity index is 819. The molecule has 0 spiro atoms. The summed E-state index contributed by atoms with van der Waals surface area (Å²) in [7, 11) is 3.92. The van der Waals surface area contributed by atoms with Gasteiger partial charge in [-0.25, -0.2) is 9.78 Å². The van der Waals surface area contributed by atoms with Gasteiger partial charge in [0, 0.05) is 32.9 Å². The molecule has 0 radical (unpaired) electrons. The van der Waals surface area contributed by atoms with Gasteiger partial charge >= 0.3 is 6.03 Å². The van der Waals surface area contributed by atoms with Gasteiger partial charge in [-0.1, -0.05) is 29.3 Å². The molecule has 1 aromatic heterocycles. The van der Waals surface area contributed by atoms with Crippen LogP contribution in [0.2, 0.25) is 10.0 Å². The van der Waals surface area contributed by atoms with Crippen LogP contribution in [-0.2, 0) is 0 Å². The van der Waals surface area contributed by atoms with E-state index in [9.17, 15) is 4.79 Å². The monoisotopic (exact) mass is 436 g/mol. The molecule has 0 aliphatic heterocycles. The molecule has 1 aliphatic rings. The van der Waals surface area contributed by atoms with E-state index in [0.717, 1.165) is 31.5 Å². The lowest BCUT2D eigenvalue weighted by Crippen LogP contribution is -2.36. The minimum absolute atomic E-state index is 0.297. The molecular weight excluding hydrogens is 411 g/mol. The van der Waals surface area contributed by atoms with Crippen LogP contribution in [0.5, 0.6) is 0 Å². The molecule has 1 aliphatic carbocycles. The van der Waals surface area contributed by atoms with E-state index >= 15 is 0 Å². The highest BCUT2D eigenvalue weighted by molar-refractivity contribution is 6.39. The van der Waals surface area contributed by atoms with E-state index in [2.05, 4.69) is 25.9 Å². The number of aromatic nitrogens is 2. The number of hydrogen-bond acceptors (Lipinski definition) is 5. The fourth-order valence-corrected chi connectivity index (χ4v) is 3.87. The quantitative estimate of drug-likeness (QED) is 0.613.